The number of piperidine rings is 1. The normalized spacial score (nSPS) is 27.6. The van der Waals surface area contributed by atoms with Crippen LogP contribution in [0.3, 0.4) is 0 Å². The van der Waals surface area contributed by atoms with E-state index in [4.69, 9.17) is 4.74 Å². The Morgan fingerprint density at radius 1 is 1.33 bits per heavy atom. The molecule has 1 spiro atoms. The van der Waals surface area contributed by atoms with E-state index in [9.17, 15) is 9.59 Å². The minimum atomic E-state index is -0.344. The summed E-state index contributed by atoms with van der Waals surface area (Å²) < 4.78 is 4.76. The lowest BCUT2D eigenvalue weighted by Gasteiger charge is -2.37. The van der Waals surface area contributed by atoms with Crippen LogP contribution in [0.25, 0.3) is 0 Å². The molecule has 1 amide bonds. The summed E-state index contributed by atoms with van der Waals surface area (Å²) >= 11 is 0. The van der Waals surface area contributed by atoms with Gasteiger partial charge in [0.1, 0.15) is 6.04 Å². The Kier molecular flexibility index (Phi) is 2.44. The molecule has 1 aliphatic heterocycles. The number of hydrogen-bond acceptors (Lipinski definition) is 3. The Morgan fingerprint density at radius 3 is 2.47 bits per heavy atom. The van der Waals surface area contributed by atoms with E-state index < -0.39 is 0 Å². The summed E-state index contributed by atoms with van der Waals surface area (Å²) in [5, 5.41) is 0. The number of nitrogens with zero attached hydrogens (tertiary/aromatic N) is 1. The van der Waals surface area contributed by atoms with Crippen LogP contribution in [0.2, 0.25) is 0 Å². The smallest absolute Gasteiger partial charge is 0.328 e. The average Bonchev–Trinajstić information content (AvgIpc) is 2.96. The van der Waals surface area contributed by atoms with Gasteiger partial charge < -0.3 is 9.64 Å². The molecule has 1 saturated carbocycles. The molecule has 1 unspecified atom stereocenters. The monoisotopic (exact) mass is 211 g/mol. The largest absolute Gasteiger partial charge is 0.467 e. The molecule has 1 aliphatic carbocycles. The highest BCUT2D eigenvalue weighted by atomic mass is 16.5. The molecule has 1 atom stereocenters. The second-order valence-corrected chi connectivity index (χ2v) is 4.71. The Labute approximate surface area is 89.6 Å². The topological polar surface area (TPSA) is 46.6 Å². The van der Waals surface area contributed by atoms with Crippen molar-refractivity contribution in [3.05, 3.63) is 0 Å². The van der Waals surface area contributed by atoms with Crippen LogP contribution in [0, 0.1) is 5.41 Å². The molecule has 4 nitrogen and oxygen atoms in total. The van der Waals surface area contributed by atoms with Crippen LogP contribution in [-0.4, -0.2) is 36.5 Å². The number of rotatable bonds is 1. The summed E-state index contributed by atoms with van der Waals surface area (Å²) in [6.07, 6.45) is 4.23. The molecule has 15 heavy (non-hydrogen) atoms. The summed E-state index contributed by atoms with van der Waals surface area (Å²) in [6, 6.07) is -0.344. The van der Waals surface area contributed by atoms with E-state index in [-0.39, 0.29) is 17.9 Å². The molecule has 0 radical (unpaired) electrons. The van der Waals surface area contributed by atoms with Crippen molar-refractivity contribution < 1.29 is 14.3 Å². The molecule has 0 aromatic carbocycles. The van der Waals surface area contributed by atoms with Gasteiger partial charge in [0.25, 0.3) is 0 Å². The summed E-state index contributed by atoms with van der Waals surface area (Å²) in [7, 11) is 1.38. The van der Waals surface area contributed by atoms with Crippen LogP contribution in [0.4, 0.5) is 0 Å². The molecular formula is C11H17NO3. The quantitative estimate of drug-likeness (QED) is 0.607. The third-order valence-corrected chi connectivity index (χ3v) is 3.72. The van der Waals surface area contributed by atoms with Crippen molar-refractivity contribution in [2.24, 2.45) is 5.41 Å². The summed E-state index contributed by atoms with van der Waals surface area (Å²) in [5.74, 6) is -0.294. The van der Waals surface area contributed by atoms with E-state index >= 15 is 0 Å². The first-order chi connectivity index (χ1) is 7.08. The second-order valence-electron chi connectivity index (χ2n) is 4.71. The van der Waals surface area contributed by atoms with Gasteiger partial charge in [0, 0.05) is 13.5 Å². The van der Waals surface area contributed by atoms with Crippen LogP contribution < -0.4 is 0 Å². The number of amides is 1. The molecule has 0 bridgehead atoms. The zero-order chi connectivity index (χ0) is 11.1. The highest BCUT2D eigenvalue weighted by molar-refractivity contribution is 5.83. The van der Waals surface area contributed by atoms with E-state index in [1.165, 1.54) is 26.9 Å². The molecule has 1 saturated heterocycles. The van der Waals surface area contributed by atoms with E-state index in [2.05, 4.69) is 0 Å². The van der Waals surface area contributed by atoms with E-state index in [0.29, 0.717) is 12.0 Å². The predicted octanol–water partition coefficient (Wildman–Crippen LogP) is 0.950. The van der Waals surface area contributed by atoms with Crippen molar-refractivity contribution in [3.63, 3.8) is 0 Å². The maximum atomic E-state index is 11.6. The third kappa shape index (κ3) is 1.85. The first-order valence-corrected chi connectivity index (χ1v) is 5.43. The standard InChI is InChI=1S/C11H17NO3/c1-8(13)12-6-5-11(3-4-11)7-9(12)10(14)15-2/h9H,3-7H2,1-2H3. The van der Waals surface area contributed by atoms with Crippen LogP contribution in [0.15, 0.2) is 0 Å². The molecule has 4 heteroatoms. The molecule has 2 fully saturated rings. The van der Waals surface area contributed by atoms with E-state index in [0.717, 1.165) is 12.8 Å². The number of methoxy groups -OCH3 is 1. The van der Waals surface area contributed by atoms with Crippen molar-refractivity contribution in [3.8, 4) is 0 Å². The van der Waals surface area contributed by atoms with Crippen molar-refractivity contribution in [1.29, 1.82) is 0 Å². The number of likely N-dealkylation sites (tertiary alicyclic amines) is 1. The molecule has 84 valence electrons. The van der Waals surface area contributed by atoms with E-state index in [1.807, 2.05) is 0 Å². The van der Waals surface area contributed by atoms with Gasteiger partial charge in [-0.25, -0.2) is 4.79 Å². The van der Waals surface area contributed by atoms with Gasteiger partial charge in [0.2, 0.25) is 5.91 Å². The minimum Gasteiger partial charge on any atom is -0.467 e. The number of esters is 1. The molecule has 0 aromatic heterocycles. The van der Waals surface area contributed by atoms with Gasteiger partial charge >= 0.3 is 5.97 Å². The van der Waals surface area contributed by atoms with Crippen molar-refractivity contribution in [2.45, 2.75) is 38.6 Å². The molecule has 2 aliphatic rings. The SMILES string of the molecule is COC(=O)C1CC2(CCN1C(C)=O)CC2. The van der Waals surface area contributed by atoms with Crippen LogP contribution in [0.1, 0.15) is 32.6 Å². The predicted molar refractivity (Wildman–Crippen MR) is 54.1 cm³/mol. The van der Waals surface area contributed by atoms with Gasteiger partial charge in [-0.1, -0.05) is 0 Å². The van der Waals surface area contributed by atoms with Crippen molar-refractivity contribution >= 4 is 11.9 Å². The Morgan fingerprint density at radius 2 is 2.00 bits per heavy atom. The zero-order valence-corrected chi connectivity index (χ0v) is 9.28. The summed E-state index contributed by atoms with van der Waals surface area (Å²) in [6.45, 7) is 2.22. The number of hydrogen-bond donors (Lipinski definition) is 0. The van der Waals surface area contributed by atoms with Gasteiger partial charge in [0.15, 0.2) is 0 Å². The Balaban J connectivity index is 2.11. The molecule has 1 heterocycles. The van der Waals surface area contributed by atoms with Crippen LogP contribution in [0.5, 0.6) is 0 Å². The second kappa shape index (κ2) is 3.51. The van der Waals surface area contributed by atoms with Gasteiger partial charge in [-0.05, 0) is 31.1 Å². The fraction of sp³-hybridized carbons (Fsp3) is 0.818. The lowest BCUT2D eigenvalue weighted by molar-refractivity contribution is -0.155. The molecule has 2 rings (SSSR count). The van der Waals surface area contributed by atoms with Crippen LogP contribution in [-0.2, 0) is 14.3 Å². The fourth-order valence-electron chi connectivity index (χ4n) is 2.49. The average molecular weight is 211 g/mol. The maximum Gasteiger partial charge on any atom is 0.328 e. The first kappa shape index (κ1) is 10.5. The molecule has 0 N–H and O–H groups in total. The Hall–Kier alpha value is -1.06. The molecule has 0 aromatic rings. The highest BCUT2D eigenvalue weighted by Crippen LogP contribution is 2.55. The summed E-state index contributed by atoms with van der Waals surface area (Å²) in [5.41, 5.74) is 0.352. The van der Waals surface area contributed by atoms with Gasteiger partial charge in [-0.3, -0.25) is 4.79 Å². The number of carbonyl (C=O) groups is 2. The van der Waals surface area contributed by atoms with E-state index in [1.54, 1.807) is 4.90 Å². The number of ether oxygens (including phenoxy) is 1. The lowest BCUT2D eigenvalue weighted by Crippen LogP contribution is -2.50. The summed E-state index contributed by atoms with van der Waals surface area (Å²) in [4.78, 5) is 24.6. The third-order valence-electron chi connectivity index (χ3n) is 3.72. The molecular weight excluding hydrogens is 194 g/mol. The highest BCUT2D eigenvalue weighted by Gasteiger charge is 2.50. The Bertz CT molecular complexity index is 296. The van der Waals surface area contributed by atoms with Gasteiger partial charge in [-0.2, -0.15) is 0 Å². The fourth-order valence-corrected chi connectivity index (χ4v) is 2.49. The zero-order valence-electron chi connectivity index (χ0n) is 9.28. The minimum absolute atomic E-state index is 0.0269. The van der Waals surface area contributed by atoms with Gasteiger partial charge in [0.05, 0.1) is 7.11 Å². The van der Waals surface area contributed by atoms with Gasteiger partial charge in [-0.15, -0.1) is 0 Å². The number of carbonyl (C=O) groups excluding carboxylic acids is 2. The van der Waals surface area contributed by atoms with Crippen LogP contribution >= 0.6 is 0 Å². The van der Waals surface area contributed by atoms with Crippen molar-refractivity contribution in [1.82, 2.24) is 4.90 Å². The maximum absolute atomic E-state index is 11.6. The van der Waals surface area contributed by atoms with Crippen molar-refractivity contribution in [2.75, 3.05) is 13.7 Å². The first-order valence-electron chi connectivity index (χ1n) is 5.43. The lowest BCUT2D eigenvalue weighted by atomic mass is 9.88.